The molecule has 3 nitrogen and oxygen atoms in total. The number of hydrogen-bond donors (Lipinski definition) is 1. The molecule has 1 aliphatic heterocycles. The second-order valence-corrected chi connectivity index (χ2v) is 3.75. The summed E-state index contributed by atoms with van der Waals surface area (Å²) in [4.78, 5) is 16.6. The molecule has 0 bridgehead atoms. The van der Waals surface area contributed by atoms with Crippen LogP contribution >= 0.6 is 15.9 Å². The van der Waals surface area contributed by atoms with Crippen LogP contribution < -0.4 is 5.48 Å². The summed E-state index contributed by atoms with van der Waals surface area (Å²) < 4.78 is 0. The average Bonchev–Trinajstić information content (AvgIpc) is 2.78. The first kappa shape index (κ1) is 10.4. The largest absolute Gasteiger partial charge is 0.292 e. The molecule has 4 heteroatoms. The summed E-state index contributed by atoms with van der Waals surface area (Å²) >= 11 is 3.12. The summed E-state index contributed by atoms with van der Waals surface area (Å²) in [7, 11) is 0. The van der Waals surface area contributed by atoms with Crippen LogP contribution in [0.25, 0.3) is 0 Å². The minimum atomic E-state index is -0.177. The van der Waals surface area contributed by atoms with E-state index in [9.17, 15) is 4.79 Å². The molecule has 0 fully saturated rings. The summed E-state index contributed by atoms with van der Waals surface area (Å²) in [5.41, 5.74) is 4.18. The van der Waals surface area contributed by atoms with Gasteiger partial charge in [-0.1, -0.05) is 46.3 Å². The Morgan fingerprint density at radius 1 is 1.40 bits per heavy atom. The minimum absolute atomic E-state index is 0.00608. The van der Waals surface area contributed by atoms with Crippen LogP contribution in [-0.2, 0) is 9.63 Å². The van der Waals surface area contributed by atoms with Crippen molar-refractivity contribution in [3.8, 4) is 0 Å². The number of carbonyl (C=O) groups excluding carboxylic acids is 1. The molecule has 0 aliphatic carbocycles. The molecule has 0 radical (unpaired) electrons. The Hall–Kier alpha value is -1.13. The molecule has 1 aliphatic rings. The number of hydrogen-bond acceptors (Lipinski definition) is 3. The molecule has 0 amide bonds. The number of ketones is 1. The van der Waals surface area contributed by atoms with Crippen LogP contribution in [0.3, 0.4) is 0 Å². The second kappa shape index (κ2) is 4.59. The predicted molar refractivity (Wildman–Crippen MR) is 60.3 cm³/mol. The van der Waals surface area contributed by atoms with Gasteiger partial charge in [0.25, 0.3) is 0 Å². The van der Waals surface area contributed by atoms with Gasteiger partial charge in [-0.05, 0) is 11.6 Å². The molecule has 1 N–H and O–H groups in total. The van der Waals surface area contributed by atoms with Gasteiger partial charge in [-0.25, -0.2) is 0 Å². The van der Waals surface area contributed by atoms with E-state index in [0.29, 0.717) is 11.0 Å². The second-order valence-electron chi connectivity index (χ2n) is 3.19. The van der Waals surface area contributed by atoms with Crippen LogP contribution in [0.15, 0.2) is 42.1 Å². The van der Waals surface area contributed by atoms with Crippen LogP contribution in [0.4, 0.5) is 0 Å². The highest BCUT2D eigenvalue weighted by Crippen LogP contribution is 2.23. The van der Waals surface area contributed by atoms with E-state index >= 15 is 0 Å². The molecule has 0 spiro atoms. The van der Waals surface area contributed by atoms with Crippen molar-refractivity contribution in [2.24, 2.45) is 0 Å². The lowest BCUT2D eigenvalue weighted by atomic mass is 10.1. The molecule has 0 saturated heterocycles. The topological polar surface area (TPSA) is 38.3 Å². The maximum Gasteiger partial charge on any atom is 0.191 e. The van der Waals surface area contributed by atoms with E-state index in [-0.39, 0.29) is 11.9 Å². The van der Waals surface area contributed by atoms with E-state index < -0.39 is 0 Å². The molecule has 1 aromatic carbocycles. The summed E-state index contributed by atoms with van der Waals surface area (Å²) in [6.45, 7) is 0. The van der Waals surface area contributed by atoms with Crippen LogP contribution in [-0.4, -0.2) is 11.1 Å². The normalized spacial score (nSPS) is 19.5. The fourth-order valence-corrected chi connectivity index (χ4v) is 1.68. The van der Waals surface area contributed by atoms with Crippen molar-refractivity contribution in [3.05, 3.63) is 47.7 Å². The number of rotatable bonds is 3. The Bertz CT molecular complexity index is 389. The molecule has 1 heterocycles. The van der Waals surface area contributed by atoms with Crippen LogP contribution in [0, 0.1) is 0 Å². The Labute approximate surface area is 96.2 Å². The number of benzene rings is 1. The van der Waals surface area contributed by atoms with Gasteiger partial charge in [-0.15, -0.1) is 0 Å². The first-order valence-electron chi connectivity index (χ1n) is 4.59. The average molecular weight is 268 g/mol. The van der Waals surface area contributed by atoms with Gasteiger partial charge in [0.1, 0.15) is 11.8 Å². The molecular formula is C11H10BrNO2. The number of carbonyl (C=O) groups is 1. The molecule has 0 saturated carbocycles. The van der Waals surface area contributed by atoms with Gasteiger partial charge in [0.2, 0.25) is 0 Å². The van der Waals surface area contributed by atoms with Crippen LogP contribution in [0.1, 0.15) is 11.7 Å². The summed E-state index contributed by atoms with van der Waals surface area (Å²) in [6.07, 6.45) is 1.61. The highest BCUT2D eigenvalue weighted by molar-refractivity contribution is 9.09. The van der Waals surface area contributed by atoms with Crippen molar-refractivity contribution in [1.29, 1.82) is 0 Å². The Morgan fingerprint density at radius 2 is 2.13 bits per heavy atom. The number of Topliss-reactive ketones (excluding diaryl/α,β-unsaturated/α-hetero) is 1. The molecule has 15 heavy (non-hydrogen) atoms. The van der Waals surface area contributed by atoms with Crippen molar-refractivity contribution in [2.45, 2.75) is 6.10 Å². The van der Waals surface area contributed by atoms with Gasteiger partial charge in [0.15, 0.2) is 5.78 Å². The zero-order valence-electron chi connectivity index (χ0n) is 7.94. The van der Waals surface area contributed by atoms with Gasteiger partial charge >= 0.3 is 0 Å². The zero-order chi connectivity index (χ0) is 10.7. The zero-order valence-corrected chi connectivity index (χ0v) is 9.53. The molecular weight excluding hydrogens is 258 g/mol. The first-order chi connectivity index (χ1) is 7.31. The van der Waals surface area contributed by atoms with Gasteiger partial charge in [0.05, 0.1) is 5.33 Å². The Morgan fingerprint density at radius 3 is 2.80 bits per heavy atom. The molecule has 1 aromatic rings. The lowest BCUT2D eigenvalue weighted by molar-refractivity contribution is -0.114. The van der Waals surface area contributed by atoms with Crippen molar-refractivity contribution in [3.63, 3.8) is 0 Å². The maximum atomic E-state index is 11.3. The van der Waals surface area contributed by atoms with Crippen molar-refractivity contribution < 1.29 is 9.63 Å². The standard InChI is InChI=1S/C11H10BrNO2/c12-7-10(14)9-6-11(15-13-9)8-4-2-1-3-5-8/h1-6,11,13H,7H2. The first-order valence-corrected chi connectivity index (χ1v) is 5.71. The quantitative estimate of drug-likeness (QED) is 0.853. The van der Waals surface area contributed by atoms with Crippen molar-refractivity contribution in [2.75, 3.05) is 5.33 Å². The summed E-state index contributed by atoms with van der Waals surface area (Å²) in [5, 5.41) is 0.302. The molecule has 78 valence electrons. The monoisotopic (exact) mass is 267 g/mol. The van der Waals surface area contributed by atoms with E-state index in [1.54, 1.807) is 6.08 Å². The Kier molecular flexibility index (Phi) is 3.18. The van der Waals surface area contributed by atoms with Gasteiger partial charge in [-0.3, -0.25) is 15.1 Å². The molecule has 1 atom stereocenters. The molecule has 1 unspecified atom stereocenters. The minimum Gasteiger partial charge on any atom is -0.292 e. The van der Waals surface area contributed by atoms with Crippen LogP contribution in [0.2, 0.25) is 0 Å². The third kappa shape index (κ3) is 2.27. The van der Waals surface area contributed by atoms with E-state index in [0.717, 1.165) is 5.56 Å². The maximum absolute atomic E-state index is 11.3. The Balaban J connectivity index is 2.16. The highest BCUT2D eigenvalue weighted by atomic mass is 79.9. The van der Waals surface area contributed by atoms with Gasteiger partial charge < -0.3 is 0 Å². The fraction of sp³-hybridized carbons (Fsp3) is 0.182. The summed E-state index contributed by atoms with van der Waals surface area (Å²) in [5.74, 6) is -0.00608. The predicted octanol–water partition coefficient (Wildman–Crippen LogP) is 2.11. The van der Waals surface area contributed by atoms with E-state index in [1.807, 2.05) is 30.3 Å². The molecule has 0 aromatic heterocycles. The van der Waals surface area contributed by atoms with Crippen LogP contribution in [0.5, 0.6) is 0 Å². The molecule has 2 rings (SSSR count). The van der Waals surface area contributed by atoms with E-state index in [4.69, 9.17) is 4.84 Å². The smallest absolute Gasteiger partial charge is 0.191 e. The highest BCUT2D eigenvalue weighted by Gasteiger charge is 2.21. The van der Waals surface area contributed by atoms with Gasteiger partial charge in [-0.2, -0.15) is 0 Å². The number of alkyl halides is 1. The lowest BCUT2D eigenvalue weighted by Gasteiger charge is -2.06. The van der Waals surface area contributed by atoms with Crippen molar-refractivity contribution >= 4 is 21.7 Å². The lowest BCUT2D eigenvalue weighted by Crippen LogP contribution is -2.15. The van der Waals surface area contributed by atoms with E-state index in [2.05, 4.69) is 21.4 Å². The number of halogens is 1. The SMILES string of the molecule is O=C(CBr)C1=CC(c2ccccc2)ON1. The summed E-state index contributed by atoms with van der Waals surface area (Å²) in [6, 6.07) is 9.75. The fourth-order valence-electron chi connectivity index (χ4n) is 1.38. The number of hydroxylamine groups is 1. The van der Waals surface area contributed by atoms with Gasteiger partial charge in [0, 0.05) is 0 Å². The van der Waals surface area contributed by atoms with Crippen molar-refractivity contribution in [1.82, 2.24) is 5.48 Å². The number of allylic oxidation sites excluding steroid dienone is 1. The number of nitrogens with one attached hydrogen (secondary N) is 1. The third-order valence-electron chi connectivity index (χ3n) is 2.16. The van der Waals surface area contributed by atoms with E-state index in [1.165, 1.54) is 0 Å². The third-order valence-corrected chi connectivity index (χ3v) is 2.67.